The summed E-state index contributed by atoms with van der Waals surface area (Å²) in [4.78, 5) is 12.6. The van der Waals surface area contributed by atoms with Crippen LogP contribution >= 0.6 is 0 Å². The highest BCUT2D eigenvalue weighted by molar-refractivity contribution is 7.92. The third kappa shape index (κ3) is 5.95. The van der Waals surface area contributed by atoms with Gasteiger partial charge in [0, 0.05) is 6.54 Å². The van der Waals surface area contributed by atoms with Crippen molar-refractivity contribution in [2.45, 2.75) is 39.5 Å². The van der Waals surface area contributed by atoms with Crippen LogP contribution in [0.1, 0.15) is 26.3 Å². The van der Waals surface area contributed by atoms with Crippen molar-refractivity contribution in [3.63, 3.8) is 0 Å². The summed E-state index contributed by atoms with van der Waals surface area (Å²) >= 11 is 0. The number of amides is 1. The van der Waals surface area contributed by atoms with E-state index < -0.39 is 27.8 Å². The van der Waals surface area contributed by atoms with E-state index in [1.54, 1.807) is 0 Å². The average Bonchev–Trinajstić information content (AvgIpc) is 2.60. The number of carbonyl (C=O) groups excluding carboxylic acids is 1. The zero-order chi connectivity index (χ0) is 20.9. The number of hydrogen-bond donors (Lipinski definition) is 1. The van der Waals surface area contributed by atoms with Crippen molar-refractivity contribution in [2.24, 2.45) is 0 Å². The Labute approximate surface area is 165 Å². The number of halogens is 1. The van der Waals surface area contributed by atoms with Crippen LogP contribution < -0.4 is 14.4 Å². The number of hydrogen-bond acceptors (Lipinski definition) is 4. The fourth-order valence-corrected chi connectivity index (χ4v) is 3.91. The Hall–Kier alpha value is -2.61. The van der Waals surface area contributed by atoms with Gasteiger partial charge in [0.15, 0.2) is 0 Å². The standard InChI is InChI=1S/C20H25FN2O4S/c1-14(2)27-19-7-5-6-16(12-19)13-22-20(24)15(3)23(28(4,25)26)18-10-8-17(21)9-11-18/h5-12,14-15H,13H2,1-4H3,(H,22,24). The van der Waals surface area contributed by atoms with Crippen molar-refractivity contribution in [1.82, 2.24) is 5.32 Å². The van der Waals surface area contributed by atoms with Gasteiger partial charge in [0.2, 0.25) is 15.9 Å². The molecule has 1 atom stereocenters. The van der Waals surface area contributed by atoms with Gasteiger partial charge in [-0.15, -0.1) is 0 Å². The van der Waals surface area contributed by atoms with Gasteiger partial charge in [-0.05, 0) is 62.7 Å². The molecule has 2 aromatic rings. The Morgan fingerprint density at radius 3 is 2.36 bits per heavy atom. The molecule has 0 bridgehead atoms. The number of anilines is 1. The number of carbonyl (C=O) groups is 1. The van der Waals surface area contributed by atoms with E-state index in [2.05, 4.69) is 5.32 Å². The second-order valence-electron chi connectivity index (χ2n) is 6.74. The second kappa shape index (κ2) is 9.05. The van der Waals surface area contributed by atoms with E-state index in [1.165, 1.54) is 19.1 Å². The fourth-order valence-electron chi connectivity index (χ4n) is 2.73. The SMILES string of the molecule is CC(C)Oc1cccc(CNC(=O)C(C)N(c2ccc(F)cc2)S(C)(=O)=O)c1. The lowest BCUT2D eigenvalue weighted by molar-refractivity contribution is -0.122. The van der Waals surface area contributed by atoms with Crippen LogP contribution in [0.25, 0.3) is 0 Å². The number of nitrogens with one attached hydrogen (secondary N) is 1. The van der Waals surface area contributed by atoms with Crippen LogP contribution in [-0.4, -0.2) is 32.7 Å². The zero-order valence-corrected chi connectivity index (χ0v) is 17.2. The van der Waals surface area contributed by atoms with Gasteiger partial charge < -0.3 is 10.1 Å². The maximum atomic E-state index is 13.2. The molecule has 1 N–H and O–H groups in total. The van der Waals surface area contributed by atoms with Crippen LogP contribution in [0.4, 0.5) is 10.1 Å². The van der Waals surface area contributed by atoms with E-state index in [0.29, 0.717) is 5.75 Å². The molecule has 0 saturated heterocycles. The Kier molecular flexibility index (Phi) is 7.01. The molecule has 0 heterocycles. The highest BCUT2D eigenvalue weighted by Gasteiger charge is 2.29. The summed E-state index contributed by atoms with van der Waals surface area (Å²) in [6, 6.07) is 11.3. The Balaban J connectivity index is 2.12. The van der Waals surface area contributed by atoms with E-state index in [-0.39, 0.29) is 18.3 Å². The first-order chi connectivity index (χ1) is 13.1. The molecule has 1 unspecified atom stereocenters. The lowest BCUT2D eigenvalue weighted by atomic mass is 10.2. The summed E-state index contributed by atoms with van der Waals surface area (Å²) < 4.78 is 44.2. The Bertz CT molecular complexity index is 914. The highest BCUT2D eigenvalue weighted by atomic mass is 32.2. The molecule has 0 fully saturated rings. The minimum Gasteiger partial charge on any atom is -0.491 e. The van der Waals surface area contributed by atoms with E-state index in [1.807, 2.05) is 38.1 Å². The molecule has 0 spiro atoms. The lowest BCUT2D eigenvalue weighted by Gasteiger charge is -2.28. The quantitative estimate of drug-likeness (QED) is 0.728. The summed E-state index contributed by atoms with van der Waals surface area (Å²) in [5.41, 5.74) is 1.05. The van der Waals surface area contributed by atoms with Gasteiger partial charge in [0.05, 0.1) is 18.0 Å². The van der Waals surface area contributed by atoms with Crippen LogP contribution in [-0.2, 0) is 21.4 Å². The number of nitrogens with zero attached hydrogens (tertiary/aromatic N) is 1. The molecular weight excluding hydrogens is 383 g/mol. The maximum absolute atomic E-state index is 13.2. The van der Waals surface area contributed by atoms with E-state index in [4.69, 9.17) is 4.74 Å². The molecule has 0 saturated carbocycles. The van der Waals surface area contributed by atoms with E-state index in [0.717, 1.165) is 28.3 Å². The smallest absolute Gasteiger partial charge is 0.243 e. The maximum Gasteiger partial charge on any atom is 0.243 e. The third-order valence-electron chi connectivity index (χ3n) is 3.91. The van der Waals surface area contributed by atoms with Crippen LogP contribution in [0.15, 0.2) is 48.5 Å². The summed E-state index contributed by atoms with van der Waals surface area (Å²) in [5.74, 6) is -0.262. The minimum atomic E-state index is -3.75. The van der Waals surface area contributed by atoms with Crippen molar-refractivity contribution in [1.29, 1.82) is 0 Å². The van der Waals surface area contributed by atoms with Crippen molar-refractivity contribution in [2.75, 3.05) is 10.6 Å². The molecular formula is C20H25FN2O4S. The summed E-state index contributed by atoms with van der Waals surface area (Å²) in [6.45, 7) is 5.55. The fraction of sp³-hybridized carbons (Fsp3) is 0.350. The predicted molar refractivity (Wildman–Crippen MR) is 107 cm³/mol. The first kappa shape index (κ1) is 21.7. The van der Waals surface area contributed by atoms with Gasteiger partial charge in [-0.3, -0.25) is 9.10 Å². The summed E-state index contributed by atoms with van der Waals surface area (Å²) in [5, 5.41) is 2.74. The molecule has 152 valence electrons. The molecule has 0 radical (unpaired) electrons. The molecule has 2 aromatic carbocycles. The lowest BCUT2D eigenvalue weighted by Crippen LogP contribution is -2.47. The number of benzene rings is 2. The number of sulfonamides is 1. The van der Waals surface area contributed by atoms with Crippen LogP contribution in [0.2, 0.25) is 0 Å². The number of rotatable bonds is 8. The van der Waals surface area contributed by atoms with Gasteiger partial charge in [-0.25, -0.2) is 12.8 Å². The second-order valence-corrected chi connectivity index (χ2v) is 8.60. The van der Waals surface area contributed by atoms with Gasteiger partial charge in [0.25, 0.3) is 0 Å². The van der Waals surface area contributed by atoms with Gasteiger partial charge in [-0.1, -0.05) is 12.1 Å². The van der Waals surface area contributed by atoms with Gasteiger partial charge >= 0.3 is 0 Å². The molecule has 0 aliphatic heterocycles. The van der Waals surface area contributed by atoms with Crippen LogP contribution in [0.3, 0.4) is 0 Å². The molecule has 2 rings (SSSR count). The summed E-state index contributed by atoms with van der Waals surface area (Å²) in [6.07, 6.45) is 1.04. The van der Waals surface area contributed by atoms with Crippen LogP contribution in [0, 0.1) is 5.82 Å². The largest absolute Gasteiger partial charge is 0.491 e. The minimum absolute atomic E-state index is 0.0314. The van der Waals surface area contributed by atoms with Crippen LogP contribution in [0.5, 0.6) is 5.75 Å². The zero-order valence-electron chi connectivity index (χ0n) is 16.3. The Morgan fingerprint density at radius 2 is 1.79 bits per heavy atom. The van der Waals surface area contributed by atoms with Crippen molar-refractivity contribution >= 4 is 21.6 Å². The van der Waals surface area contributed by atoms with E-state index in [9.17, 15) is 17.6 Å². The average molecular weight is 408 g/mol. The molecule has 28 heavy (non-hydrogen) atoms. The topological polar surface area (TPSA) is 75.7 Å². The molecule has 0 aliphatic carbocycles. The van der Waals surface area contributed by atoms with Crippen molar-refractivity contribution in [3.05, 3.63) is 59.9 Å². The molecule has 0 aromatic heterocycles. The van der Waals surface area contributed by atoms with Gasteiger partial charge in [-0.2, -0.15) is 0 Å². The Morgan fingerprint density at radius 1 is 1.14 bits per heavy atom. The van der Waals surface area contributed by atoms with Crippen molar-refractivity contribution in [3.8, 4) is 5.75 Å². The number of ether oxygens (including phenoxy) is 1. The first-order valence-corrected chi connectivity index (χ1v) is 10.7. The van der Waals surface area contributed by atoms with Crippen molar-refractivity contribution < 1.29 is 22.3 Å². The molecule has 8 heteroatoms. The predicted octanol–water partition coefficient (Wildman–Crippen LogP) is 3.08. The molecule has 1 amide bonds. The third-order valence-corrected chi connectivity index (χ3v) is 5.15. The van der Waals surface area contributed by atoms with Gasteiger partial charge in [0.1, 0.15) is 17.6 Å². The molecule has 0 aliphatic rings. The normalized spacial score (nSPS) is 12.5. The first-order valence-electron chi connectivity index (χ1n) is 8.86. The summed E-state index contributed by atoms with van der Waals surface area (Å²) in [7, 11) is -3.75. The monoisotopic (exact) mass is 408 g/mol. The highest BCUT2D eigenvalue weighted by Crippen LogP contribution is 2.21. The molecule has 6 nitrogen and oxygen atoms in total. The van der Waals surface area contributed by atoms with E-state index >= 15 is 0 Å².